The topological polar surface area (TPSA) is 106 Å². The molecule has 0 unspecified atom stereocenters. The van der Waals surface area contributed by atoms with Crippen molar-refractivity contribution in [2.75, 3.05) is 6.79 Å². The molecule has 0 aliphatic carbocycles. The number of hydrogen-bond donors (Lipinski definition) is 1. The van der Waals surface area contributed by atoms with Crippen molar-refractivity contribution < 1.29 is 14.6 Å². The SMILES string of the molecule is N#Cc1c2n(c(=O)n(C[C@H](O)c3ccc4c(c3)OCO4)c1=O)CCC2. The molecule has 25 heavy (non-hydrogen) atoms. The summed E-state index contributed by atoms with van der Waals surface area (Å²) in [6.45, 7) is 0.363. The minimum Gasteiger partial charge on any atom is -0.454 e. The summed E-state index contributed by atoms with van der Waals surface area (Å²) < 4.78 is 12.9. The summed E-state index contributed by atoms with van der Waals surface area (Å²) in [7, 11) is 0. The van der Waals surface area contributed by atoms with Crippen LogP contribution in [-0.4, -0.2) is 21.0 Å². The lowest BCUT2D eigenvalue weighted by molar-refractivity contribution is 0.151. The Balaban J connectivity index is 1.73. The maximum absolute atomic E-state index is 12.6. The van der Waals surface area contributed by atoms with E-state index in [0.29, 0.717) is 35.7 Å². The molecule has 0 fully saturated rings. The van der Waals surface area contributed by atoms with E-state index < -0.39 is 17.4 Å². The van der Waals surface area contributed by atoms with Gasteiger partial charge in [0.1, 0.15) is 11.6 Å². The van der Waals surface area contributed by atoms with Crippen LogP contribution in [0.2, 0.25) is 0 Å². The molecule has 1 atom stereocenters. The van der Waals surface area contributed by atoms with Gasteiger partial charge in [0, 0.05) is 12.2 Å². The van der Waals surface area contributed by atoms with Crippen molar-refractivity contribution in [3.05, 3.63) is 55.9 Å². The minimum absolute atomic E-state index is 0.0185. The third-order valence-electron chi connectivity index (χ3n) is 4.58. The standard InChI is InChI=1S/C17H15N3O5/c18-7-11-12-2-1-5-19(12)17(23)20(16(11)22)8-13(21)10-3-4-14-15(6-10)25-9-24-14/h3-4,6,13,21H,1-2,5,8-9H2/t13-/m0/s1. The van der Waals surface area contributed by atoms with Crippen LogP contribution in [0.4, 0.5) is 0 Å². The lowest BCUT2D eigenvalue weighted by Crippen LogP contribution is -2.42. The van der Waals surface area contributed by atoms with Gasteiger partial charge in [-0.15, -0.1) is 0 Å². The van der Waals surface area contributed by atoms with Gasteiger partial charge in [-0.3, -0.25) is 13.9 Å². The first-order valence-corrected chi connectivity index (χ1v) is 7.94. The summed E-state index contributed by atoms with van der Waals surface area (Å²) in [5, 5.41) is 19.8. The van der Waals surface area contributed by atoms with Gasteiger partial charge in [-0.1, -0.05) is 6.07 Å². The molecule has 0 saturated carbocycles. The van der Waals surface area contributed by atoms with Gasteiger partial charge >= 0.3 is 5.69 Å². The van der Waals surface area contributed by atoms with Crippen LogP contribution in [0.15, 0.2) is 27.8 Å². The Kier molecular flexibility index (Phi) is 3.58. The van der Waals surface area contributed by atoms with Crippen molar-refractivity contribution in [2.45, 2.75) is 32.0 Å². The zero-order valence-corrected chi connectivity index (χ0v) is 13.3. The fraction of sp³-hybridized carbons (Fsp3) is 0.353. The molecular formula is C17H15N3O5. The number of aromatic nitrogens is 2. The molecule has 3 heterocycles. The largest absolute Gasteiger partial charge is 0.454 e. The van der Waals surface area contributed by atoms with Crippen LogP contribution < -0.4 is 20.7 Å². The molecule has 1 aromatic carbocycles. The number of benzene rings is 1. The summed E-state index contributed by atoms with van der Waals surface area (Å²) in [6.07, 6.45) is 0.170. The molecular weight excluding hydrogens is 326 g/mol. The van der Waals surface area contributed by atoms with E-state index in [2.05, 4.69) is 0 Å². The zero-order chi connectivity index (χ0) is 17.6. The van der Waals surface area contributed by atoms with E-state index in [0.717, 1.165) is 11.0 Å². The second-order valence-corrected chi connectivity index (χ2v) is 6.02. The van der Waals surface area contributed by atoms with Crippen LogP contribution in [0.1, 0.15) is 29.3 Å². The second-order valence-electron chi connectivity index (χ2n) is 6.02. The quantitative estimate of drug-likeness (QED) is 0.860. The second kappa shape index (κ2) is 5.79. The zero-order valence-electron chi connectivity index (χ0n) is 13.3. The molecule has 0 amide bonds. The van der Waals surface area contributed by atoms with Crippen molar-refractivity contribution in [2.24, 2.45) is 0 Å². The summed E-state index contributed by atoms with van der Waals surface area (Å²) in [6, 6.07) is 6.84. The number of fused-ring (bicyclic) bond motifs is 2. The smallest absolute Gasteiger partial charge is 0.331 e. The number of nitrogens with zero attached hydrogens (tertiary/aromatic N) is 3. The Bertz CT molecular complexity index is 1010. The third-order valence-corrected chi connectivity index (χ3v) is 4.58. The fourth-order valence-electron chi connectivity index (χ4n) is 3.31. The van der Waals surface area contributed by atoms with E-state index >= 15 is 0 Å². The number of rotatable bonds is 3. The van der Waals surface area contributed by atoms with Crippen molar-refractivity contribution in [3.8, 4) is 17.6 Å². The Morgan fingerprint density at radius 3 is 2.88 bits per heavy atom. The van der Waals surface area contributed by atoms with Crippen molar-refractivity contribution in [1.29, 1.82) is 5.26 Å². The van der Waals surface area contributed by atoms with Gasteiger partial charge in [0.2, 0.25) is 6.79 Å². The molecule has 0 saturated heterocycles. The van der Waals surface area contributed by atoms with Crippen molar-refractivity contribution in [1.82, 2.24) is 9.13 Å². The van der Waals surface area contributed by atoms with Crippen LogP contribution in [0.3, 0.4) is 0 Å². The van der Waals surface area contributed by atoms with E-state index in [4.69, 9.17) is 9.47 Å². The molecule has 0 spiro atoms. The summed E-state index contributed by atoms with van der Waals surface area (Å²) in [5.74, 6) is 1.09. The number of ether oxygens (including phenoxy) is 2. The highest BCUT2D eigenvalue weighted by Crippen LogP contribution is 2.34. The van der Waals surface area contributed by atoms with Crippen LogP contribution in [0, 0.1) is 11.3 Å². The predicted molar refractivity (Wildman–Crippen MR) is 85.5 cm³/mol. The van der Waals surface area contributed by atoms with Gasteiger partial charge in [0.05, 0.1) is 12.6 Å². The van der Waals surface area contributed by atoms with E-state index in [1.165, 1.54) is 4.57 Å². The van der Waals surface area contributed by atoms with E-state index in [1.54, 1.807) is 18.2 Å². The van der Waals surface area contributed by atoms with Gasteiger partial charge in [-0.05, 0) is 30.5 Å². The molecule has 8 heteroatoms. The van der Waals surface area contributed by atoms with Gasteiger partial charge in [0.15, 0.2) is 11.5 Å². The molecule has 128 valence electrons. The van der Waals surface area contributed by atoms with Crippen LogP contribution in [0.25, 0.3) is 0 Å². The van der Waals surface area contributed by atoms with Gasteiger partial charge in [-0.25, -0.2) is 4.79 Å². The average molecular weight is 341 g/mol. The highest BCUT2D eigenvalue weighted by molar-refractivity contribution is 5.45. The lowest BCUT2D eigenvalue weighted by atomic mass is 10.1. The molecule has 0 radical (unpaired) electrons. The van der Waals surface area contributed by atoms with Gasteiger partial charge in [-0.2, -0.15) is 5.26 Å². The highest BCUT2D eigenvalue weighted by Gasteiger charge is 2.24. The van der Waals surface area contributed by atoms with Crippen LogP contribution >= 0.6 is 0 Å². The van der Waals surface area contributed by atoms with Crippen molar-refractivity contribution >= 4 is 0 Å². The predicted octanol–water partition coefficient (Wildman–Crippen LogP) is 0.290. The Morgan fingerprint density at radius 2 is 2.08 bits per heavy atom. The molecule has 2 aliphatic heterocycles. The van der Waals surface area contributed by atoms with Crippen molar-refractivity contribution in [3.63, 3.8) is 0 Å². The van der Waals surface area contributed by atoms with E-state index in [1.807, 2.05) is 6.07 Å². The number of hydrogen-bond acceptors (Lipinski definition) is 6. The maximum atomic E-state index is 12.6. The molecule has 8 nitrogen and oxygen atoms in total. The van der Waals surface area contributed by atoms with E-state index in [9.17, 15) is 20.0 Å². The minimum atomic E-state index is -1.09. The third kappa shape index (κ3) is 2.40. The van der Waals surface area contributed by atoms with Crippen LogP contribution in [-0.2, 0) is 19.5 Å². The molecule has 0 bridgehead atoms. The maximum Gasteiger partial charge on any atom is 0.331 e. The first-order chi connectivity index (χ1) is 12.1. The molecule has 1 aromatic heterocycles. The molecule has 2 aliphatic rings. The Morgan fingerprint density at radius 1 is 1.28 bits per heavy atom. The Hall–Kier alpha value is -3.05. The lowest BCUT2D eigenvalue weighted by Gasteiger charge is -2.15. The number of nitriles is 1. The monoisotopic (exact) mass is 341 g/mol. The fourth-order valence-corrected chi connectivity index (χ4v) is 3.31. The van der Waals surface area contributed by atoms with Crippen LogP contribution in [0.5, 0.6) is 11.5 Å². The number of aliphatic hydroxyl groups excluding tert-OH is 1. The average Bonchev–Trinajstić information content (AvgIpc) is 3.27. The summed E-state index contributed by atoms with van der Waals surface area (Å²) in [5.41, 5.74) is -0.169. The van der Waals surface area contributed by atoms with Gasteiger partial charge in [0.25, 0.3) is 5.56 Å². The molecule has 1 N–H and O–H groups in total. The first kappa shape index (κ1) is 15.5. The summed E-state index contributed by atoms with van der Waals surface area (Å²) >= 11 is 0. The Labute approximate surface area is 142 Å². The normalized spacial score (nSPS) is 15.7. The first-order valence-electron chi connectivity index (χ1n) is 7.94. The molecule has 2 aromatic rings. The number of aliphatic hydroxyl groups is 1. The molecule has 4 rings (SSSR count). The summed E-state index contributed by atoms with van der Waals surface area (Å²) in [4.78, 5) is 25.1. The van der Waals surface area contributed by atoms with E-state index in [-0.39, 0.29) is 18.9 Å². The highest BCUT2D eigenvalue weighted by atomic mass is 16.7. The van der Waals surface area contributed by atoms with Gasteiger partial charge < -0.3 is 14.6 Å².